The molecule has 0 spiro atoms. The SMILES string of the molecule is Cc1cc(C)c([N+](=O)[O-])cc1OC(C)CCC(=O)NN. The van der Waals surface area contributed by atoms with Crippen LogP contribution in [0.5, 0.6) is 5.75 Å². The number of amides is 1. The summed E-state index contributed by atoms with van der Waals surface area (Å²) >= 11 is 0. The largest absolute Gasteiger partial charge is 0.490 e. The molecule has 0 aliphatic rings. The van der Waals surface area contributed by atoms with Crippen molar-refractivity contribution in [3.63, 3.8) is 0 Å². The second-order valence-corrected chi connectivity index (χ2v) is 4.70. The number of benzene rings is 1. The van der Waals surface area contributed by atoms with Crippen molar-refractivity contribution in [2.24, 2.45) is 5.84 Å². The predicted octanol–water partition coefficient (Wildman–Crippen LogP) is 1.75. The van der Waals surface area contributed by atoms with Crippen LogP contribution in [0.3, 0.4) is 0 Å². The van der Waals surface area contributed by atoms with Crippen molar-refractivity contribution in [1.82, 2.24) is 5.43 Å². The van der Waals surface area contributed by atoms with E-state index in [0.29, 0.717) is 17.7 Å². The zero-order valence-corrected chi connectivity index (χ0v) is 11.8. The van der Waals surface area contributed by atoms with Crippen molar-refractivity contribution in [3.05, 3.63) is 33.4 Å². The number of nitro benzene ring substituents is 1. The van der Waals surface area contributed by atoms with Gasteiger partial charge >= 0.3 is 0 Å². The summed E-state index contributed by atoms with van der Waals surface area (Å²) in [5.41, 5.74) is 3.48. The minimum atomic E-state index is -0.436. The molecule has 0 heterocycles. The summed E-state index contributed by atoms with van der Waals surface area (Å²) < 4.78 is 5.66. The molecule has 1 unspecified atom stereocenters. The van der Waals surface area contributed by atoms with Gasteiger partial charge in [-0.15, -0.1) is 0 Å². The molecule has 0 fully saturated rings. The van der Waals surface area contributed by atoms with Gasteiger partial charge in [-0.2, -0.15) is 0 Å². The molecule has 1 amide bonds. The molecule has 7 nitrogen and oxygen atoms in total. The average Bonchev–Trinajstić information content (AvgIpc) is 2.38. The molecule has 3 N–H and O–H groups in total. The number of hydrogen-bond donors (Lipinski definition) is 2. The number of carbonyl (C=O) groups is 1. The summed E-state index contributed by atoms with van der Waals surface area (Å²) in [5, 5.41) is 10.9. The maximum absolute atomic E-state index is 11.0. The first-order chi connectivity index (χ1) is 9.35. The van der Waals surface area contributed by atoms with Gasteiger partial charge in [-0.25, -0.2) is 5.84 Å². The van der Waals surface area contributed by atoms with E-state index in [0.717, 1.165) is 5.56 Å². The molecule has 0 aliphatic heterocycles. The van der Waals surface area contributed by atoms with E-state index in [4.69, 9.17) is 10.6 Å². The normalized spacial score (nSPS) is 11.8. The molecule has 1 atom stereocenters. The van der Waals surface area contributed by atoms with Crippen LogP contribution in [0.25, 0.3) is 0 Å². The molecule has 0 saturated carbocycles. The molecule has 1 aromatic carbocycles. The second kappa shape index (κ2) is 6.85. The minimum Gasteiger partial charge on any atom is -0.490 e. The topological polar surface area (TPSA) is 107 Å². The van der Waals surface area contributed by atoms with Crippen molar-refractivity contribution in [3.8, 4) is 5.75 Å². The maximum atomic E-state index is 11.0. The first-order valence-electron chi connectivity index (χ1n) is 6.27. The number of ether oxygens (including phenoxy) is 1. The molecule has 0 saturated heterocycles. The van der Waals surface area contributed by atoms with Gasteiger partial charge < -0.3 is 4.74 Å². The van der Waals surface area contributed by atoms with E-state index < -0.39 is 4.92 Å². The lowest BCUT2D eigenvalue weighted by Gasteiger charge is -2.16. The molecular weight excluding hydrogens is 262 g/mol. The van der Waals surface area contributed by atoms with Gasteiger partial charge in [-0.1, -0.05) is 0 Å². The molecule has 0 radical (unpaired) electrons. The monoisotopic (exact) mass is 281 g/mol. The van der Waals surface area contributed by atoms with E-state index in [1.807, 2.05) is 12.3 Å². The van der Waals surface area contributed by atoms with Crippen molar-refractivity contribution < 1.29 is 14.5 Å². The van der Waals surface area contributed by atoms with Gasteiger partial charge in [0.1, 0.15) is 5.75 Å². The molecule has 0 aromatic heterocycles. The van der Waals surface area contributed by atoms with Crippen LogP contribution in [0.4, 0.5) is 5.69 Å². The fourth-order valence-corrected chi connectivity index (χ4v) is 1.83. The van der Waals surface area contributed by atoms with Crippen LogP contribution in [-0.4, -0.2) is 16.9 Å². The fourth-order valence-electron chi connectivity index (χ4n) is 1.83. The smallest absolute Gasteiger partial charge is 0.276 e. The summed E-state index contributed by atoms with van der Waals surface area (Å²) in [6, 6.07) is 3.14. The highest BCUT2D eigenvalue weighted by Crippen LogP contribution is 2.29. The Morgan fingerprint density at radius 3 is 2.65 bits per heavy atom. The first kappa shape index (κ1) is 15.9. The van der Waals surface area contributed by atoms with Crippen LogP contribution in [0, 0.1) is 24.0 Å². The predicted molar refractivity (Wildman–Crippen MR) is 74.2 cm³/mol. The summed E-state index contributed by atoms with van der Waals surface area (Å²) in [6.45, 7) is 5.31. The van der Waals surface area contributed by atoms with E-state index in [1.54, 1.807) is 19.9 Å². The maximum Gasteiger partial charge on any atom is 0.276 e. The summed E-state index contributed by atoms with van der Waals surface area (Å²) in [6.07, 6.45) is 0.475. The molecule has 0 bridgehead atoms. The van der Waals surface area contributed by atoms with Crippen molar-refractivity contribution >= 4 is 11.6 Å². The van der Waals surface area contributed by atoms with Gasteiger partial charge in [0.05, 0.1) is 17.1 Å². The van der Waals surface area contributed by atoms with E-state index in [-0.39, 0.29) is 24.1 Å². The molecule has 1 rings (SSSR count). The zero-order chi connectivity index (χ0) is 15.3. The molecule has 0 aliphatic carbocycles. The Bertz CT molecular complexity index is 517. The molecule has 20 heavy (non-hydrogen) atoms. The number of nitro groups is 1. The fraction of sp³-hybridized carbons (Fsp3) is 0.462. The highest BCUT2D eigenvalue weighted by Gasteiger charge is 2.16. The Balaban J connectivity index is 2.79. The summed E-state index contributed by atoms with van der Waals surface area (Å²) in [4.78, 5) is 21.5. The summed E-state index contributed by atoms with van der Waals surface area (Å²) in [5.74, 6) is 5.18. The lowest BCUT2D eigenvalue weighted by Crippen LogP contribution is -2.30. The molecule has 110 valence electrons. The van der Waals surface area contributed by atoms with Crippen LogP contribution in [0.2, 0.25) is 0 Å². The van der Waals surface area contributed by atoms with Crippen LogP contribution in [0.1, 0.15) is 30.9 Å². The number of hydrazine groups is 1. The Kier molecular flexibility index (Phi) is 5.45. The quantitative estimate of drug-likeness (QED) is 0.357. The van der Waals surface area contributed by atoms with Gasteiger partial charge in [0, 0.05) is 12.0 Å². The van der Waals surface area contributed by atoms with Gasteiger partial charge in [0.2, 0.25) is 5.91 Å². The Hall–Kier alpha value is -2.15. The number of hydrogen-bond acceptors (Lipinski definition) is 5. The Labute approximate surface area is 117 Å². The number of nitrogens with zero attached hydrogens (tertiary/aromatic N) is 1. The van der Waals surface area contributed by atoms with Crippen LogP contribution >= 0.6 is 0 Å². The van der Waals surface area contributed by atoms with E-state index >= 15 is 0 Å². The number of aryl methyl sites for hydroxylation is 2. The van der Waals surface area contributed by atoms with Crippen molar-refractivity contribution in [2.45, 2.75) is 39.7 Å². The first-order valence-corrected chi connectivity index (χ1v) is 6.27. The third-order valence-electron chi connectivity index (χ3n) is 2.96. The van der Waals surface area contributed by atoms with Gasteiger partial charge in [0.15, 0.2) is 0 Å². The van der Waals surface area contributed by atoms with Crippen LogP contribution in [-0.2, 0) is 4.79 Å². The number of carbonyl (C=O) groups excluding carboxylic acids is 1. The Morgan fingerprint density at radius 2 is 2.10 bits per heavy atom. The second-order valence-electron chi connectivity index (χ2n) is 4.70. The van der Waals surface area contributed by atoms with Crippen molar-refractivity contribution in [1.29, 1.82) is 0 Å². The van der Waals surface area contributed by atoms with Crippen LogP contribution in [0.15, 0.2) is 12.1 Å². The molecule has 1 aromatic rings. The van der Waals surface area contributed by atoms with Crippen LogP contribution < -0.4 is 16.0 Å². The third-order valence-corrected chi connectivity index (χ3v) is 2.96. The number of nitrogens with one attached hydrogen (secondary N) is 1. The van der Waals surface area contributed by atoms with Gasteiger partial charge in [-0.05, 0) is 38.8 Å². The standard InChI is InChI=1S/C13H19N3O4/c1-8-6-9(2)12(7-11(8)16(18)19)20-10(3)4-5-13(17)15-14/h6-7,10H,4-5,14H2,1-3H3,(H,15,17). The van der Waals surface area contributed by atoms with E-state index in [2.05, 4.69) is 0 Å². The van der Waals surface area contributed by atoms with Gasteiger partial charge in [-0.3, -0.25) is 20.3 Å². The number of nitrogens with two attached hydrogens (primary N) is 1. The van der Waals surface area contributed by atoms with Gasteiger partial charge in [0.25, 0.3) is 5.69 Å². The lowest BCUT2D eigenvalue weighted by molar-refractivity contribution is -0.385. The highest BCUT2D eigenvalue weighted by molar-refractivity contribution is 5.75. The number of rotatable bonds is 6. The molecule has 7 heteroatoms. The third kappa shape index (κ3) is 4.20. The highest BCUT2D eigenvalue weighted by atomic mass is 16.6. The minimum absolute atomic E-state index is 0.0255. The van der Waals surface area contributed by atoms with Crippen molar-refractivity contribution in [2.75, 3.05) is 0 Å². The Morgan fingerprint density at radius 1 is 1.45 bits per heavy atom. The average molecular weight is 281 g/mol. The summed E-state index contributed by atoms with van der Waals surface area (Å²) in [7, 11) is 0. The van der Waals surface area contributed by atoms with E-state index in [9.17, 15) is 14.9 Å². The zero-order valence-electron chi connectivity index (χ0n) is 11.8. The van der Waals surface area contributed by atoms with E-state index in [1.165, 1.54) is 6.07 Å². The molecular formula is C13H19N3O4. The lowest BCUT2D eigenvalue weighted by atomic mass is 10.1.